The van der Waals surface area contributed by atoms with Crippen molar-refractivity contribution in [2.45, 2.75) is 13.3 Å². The first-order chi connectivity index (χ1) is 10.1. The van der Waals surface area contributed by atoms with Crippen LogP contribution in [0.3, 0.4) is 0 Å². The van der Waals surface area contributed by atoms with E-state index in [2.05, 4.69) is 35.3 Å². The molecule has 3 rings (SSSR count). The lowest BCUT2D eigenvalue weighted by Gasteiger charge is -2.12. The summed E-state index contributed by atoms with van der Waals surface area (Å²) in [6.45, 7) is 1.64. The highest BCUT2D eigenvalue weighted by molar-refractivity contribution is 6.04. The summed E-state index contributed by atoms with van der Waals surface area (Å²) in [7, 11) is 4.08. The fraction of sp³-hybridized carbons (Fsp3) is 0.211. The van der Waals surface area contributed by atoms with E-state index in [1.54, 1.807) is 6.92 Å². The van der Waals surface area contributed by atoms with Crippen molar-refractivity contribution in [1.82, 2.24) is 4.90 Å². The van der Waals surface area contributed by atoms with E-state index in [1.165, 1.54) is 16.7 Å². The number of Topliss-reactive ketones (excluding diaryl/α,β-unsaturated/α-hetero) is 1. The van der Waals surface area contributed by atoms with Gasteiger partial charge >= 0.3 is 0 Å². The number of fused-ring (bicyclic) bond motifs is 1. The number of carbonyl (C=O) groups is 1. The predicted octanol–water partition coefficient (Wildman–Crippen LogP) is 4.28. The molecule has 0 aliphatic heterocycles. The van der Waals surface area contributed by atoms with Crippen LogP contribution < -0.4 is 0 Å². The molecule has 0 atom stereocenters. The molecule has 106 valence electrons. The van der Waals surface area contributed by atoms with E-state index in [-0.39, 0.29) is 5.78 Å². The molecule has 0 N–H and O–H groups in total. The van der Waals surface area contributed by atoms with Gasteiger partial charge in [0.15, 0.2) is 5.78 Å². The second-order valence-electron chi connectivity index (χ2n) is 5.70. The van der Waals surface area contributed by atoms with Gasteiger partial charge < -0.3 is 4.90 Å². The number of likely N-dealkylation sites (N-methyl/N-ethyl adjacent to an activating group) is 1. The van der Waals surface area contributed by atoms with Crippen LogP contribution >= 0.6 is 0 Å². The van der Waals surface area contributed by atoms with Crippen LogP contribution in [0.1, 0.15) is 29.3 Å². The first kappa shape index (κ1) is 13.6. The van der Waals surface area contributed by atoms with E-state index in [4.69, 9.17) is 0 Å². The lowest BCUT2D eigenvalue weighted by molar-refractivity contribution is 0.101. The van der Waals surface area contributed by atoms with Gasteiger partial charge in [-0.2, -0.15) is 0 Å². The number of allylic oxidation sites excluding steroid dienone is 3. The maximum absolute atomic E-state index is 12.0. The van der Waals surface area contributed by atoms with Gasteiger partial charge in [-0.15, -0.1) is 0 Å². The van der Waals surface area contributed by atoms with Crippen LogP contribution in [0, 0.1) is 0 Å². The summed E-state index contributed by atoms with van der Waals surface area (Å²) in [4.78, 5) is 14.1. The van der Waals surface area contributed by atoms with Crippen LogP contribution in [0.25, 0.3) is 16.3 Å². The number of benzene rings is 2. The van der Waals surface area contributed by atoms with Crippen LogP contribution in [0.2, 0.25) is 0 Å². The molecule has 0 bridgehead atoms. The van der Waals surface area contributed by atoms with Crippen LogP contribution in [0.4, 0.5) is 0 Å². The standard InChI is InChI=1S/C19H19NO/c1-13(21)18-11-14-6-4-5-7-15(14)12-19(18)16-8-9-17(10-16)20(2)3/h4-7,9-12H,8H2,1-3H3. The minimum atomic E-state index is 0.120. The van der Waals surface area contributed by atoms with E-state index in [0.29, 0.717) is 0 Å². The maximum Gasteiger partial charge on any atom is 0.160 e. The molecule has 2 heteroatoms. The van der Waals surface area contributed by atoms with Crippen molar-refractivity contribution in [1.29, 1.82) is 0 Å². The van der Waals surface area contributed by atoms with Crippen molar-refractivity contribution in [3.63, 3.8) is 0 Å². The maximum atomic E-state index is 12.0. The van der Waals surface area contributed by atoms with Crippen LogP contribution in [0.15, 0.2) is 54.2 Å². The molecule has 21 heavy (non-hydrogen) atoms. The summed E-state index contributed by atoms with van der Waals surface area (Å²) in [6, 6.07) is 12.3. The SMILES string of the molecule is CC(=O)c1cc2ccccc2cc1C1=CC(N(C)C)=CC1. The van der Waals surface area contributed by atoms with Crippen molar-refractivity contribution in [3.05, 3.63) is 65.4 Å². The Morgan fingerprint density at radius 3 is 2.33 bits per heavy atom. The molecular formula is C19H19NO. The van der Waals surface area contributed by atoms with E-state index in [9.17, 15) is 4.79 Å². The zero-order valence-electron chi connectivity index (χ0n) is 12.7. The Hall–Kier alpha value is -2.35. The predicted molar refractivity (Wildman–Crippen MR) is 88.3 cm³/mol. The monoisotopic (exact) mass is 277 g/mol. The third kappa shape index (κ3) is 2.49. The molecule has 0 radical (unpaired) electrons. The Kier molecular flexibility index (Phi) is 3.38. The molecule has 2 nitrogen and oxygen atoms in total. The molecule has 2 aromatic rings. The number of rotatable bonds is 3. The van der Waals surface area contributed by atoms with Gasteiger partial charge in [0, 0.05) is 25.4 Å². The zero-order chi connectivity index (χ0) is 15.0. The van der Waals surface area contributed by atoms with E-state index in [0.717, 1.165) is 22.9 Å². The fourth-order valence-corrected chi connectivity index (χ4v) is 2.81. The van der Waals surface area contributed by atoms with Gasteiger partial charge in [0.2, 0.25) is 0 Å². The lowest BCUT2D eigenvalue weighted by Crippen LogP contribution is -2.07. The first-order valence-electron chi connectivity index (χ1n) is 7.18. The van der Waals surface area contributed by atoms with Crippen LogP contribution in [-0.2, 0) is 0 Å². The molecule has 0 amide bonds. The van der Waals surface area contributed by atoms with Gasteiger partial charge in [-0.3, -0.25) is 4.79 Å². The number of hydrogen-bond donors (Lipinski definition) is 0. The minimum absolute atomic E-state index is 0.120. The Balaban J connectivity index is 2.16. The molecule has 0 fully saturated rings. The smallest absolute Gasteiger partial charge is 0.160 e. The Bertz CT molecular complexity index is 781. The van der Waals surface area contributed by atoms with E-state index < -0.39 is 0 Å². The van der Waals surface area contributed by atoms with E-state index in [1.807, 2.05) is 32.3 Å². The molecule has 0 spiro atoms. The summed E-state index contributed by atoms with van der Waals surface area (Å²) in [5.41, 5.74) is 4.30. The molecule has 1 aliphatic rings. The average Bonchev–Trinajstić information content (AvgIpc) is 2.95. The van der Waals surface area contributed by atoms with Crippen LogP contribution in [0.5, 0.6) is 0 Å². The summed E-state index contributed by atoms with van der Waals surface area (Å²) in [5.74, 6) is 0.120. The highest BCUT2D eigenvalue weighted by Crippen LogP contribution is 2.32. The van der Waals surface area contributed by atoms with Gasteiger partial charge in [0.1, 0.15) is 0 Å². The van der Waals surface area contributed by atoms with Crippen molar-refractivity contribution < 1.29 is 4.79 Å². The summed E-state index contributed by atoms with van der Waals surface area (Å²) in [6.07, 6.45) is 5.26. The molecule has 0 aromatic heterocycles. The number of ketones is 1. The molecule has 0 saturated heterocycles. The summed E-state index contributed by atoms with van der Waals surface area (Å²) >= 11 is 0. The second-order valence-corrected chi connectivity index (χ2v) is 5.70. The first-order valence-corrected chi connectivity index (χ1v) is 7.18. The Morgan fingerprint density at radius 1 is 1.10 bits per heavy atom. The Labute approximate surface area is 125 Å². The third-order valence-corrected chi connectivity index (χ3v) is 3.98. The summed E-state index contributed by atoms with van der Waals surface area (Å²) in [5, 5.41) is 2.29. The number of hydrogen-bond acceptors (Lipinski definition) is 2. The van der Waals surface area contributed by atoms with Gasteiger partial charge in [-0.05, 0) is 53.5 Å². The quantitative estimate of drug-likeness (QED) is 0.781. The molecule has 0 unspecified atom stereocenters. The molecular weight excluding hydrogens is 258 g/mol. The van der Waals surface area contributed by atoms with Gasteiger partial charge in [-0.25, -0.2) is 0 Å². The van der Waals surface area contributed by atoms with E-state index >= 15 is 0 Å². The second kappa shape index (κ2) is 5.21. The fourth-order valence-electron chi connectivity index (χ4n) is 2.81. The number of carbonyl (C=O) groups excluding carboxylic acids is 1. The van der Waals surface area contributed by atoms with Gasteiger partial charge in [-0.1, -0.05) is 30.3 Å². The van der Waals surface area contributed by atoms with Crippen molar-refractivity contribution in [2.75, 3.05) is 14.1 Å². The highest BCUT2D eigenvalue weighted by Gasteiger charge is 2.16. The molecule has 0 heterocycles. The van der Waals surface area contributed by atoms with Gasteiger partial charge in [0.05, 0.1) is 0 Å². The van der Waals surface area contributed by atoms with Crippen molar-refractivity contribution >= 4 is 22.1 Å². The van der Waals surface area contributed by atoms with Crippen LogP contribution in [-0.4, -0.2) is 24.8 Å². The highest BCUT2D eigenvalue weighted by atomic mass is 16.1. The third-order valence-electron chi connectivity index (χ3n) is 3.98. The largest absolute Gasteiger partial charge is 0.378 e. The van der Waals surface area contributed by atoms with Crippen molar-refractivity contribution in [3.8, 4) is 0 Å². The Morgan fingerprint density at radius 2 is 1.76 bits per heavy atom. The molecule has 1 aliphatic carbocycles. The van der Waals surface area contributed by atoms with Gasteiger partial charge in [0.25, 0.3) is 0 Å². The minimum Gasteiger partial charge on any atom is -0.378 e. The number of nitrogens with zero attached hydrogens (tertiary/aromatic N) is 1. The lowest BCUT2D eigenvalue weighted by atomic mass is 9.93. The summed E-state index contributed by atoms with van der Waals surface area (Å²) < 4.78 is 0. The molecule has 2 aromatic carbocycles. The average molecular weight is 277 g/mol. The molecule has 0 saturated carbocycles. The zero-order valence-corrected chi connectivity index (χ0v) is 12.7. The topological polar surface area (TPSA) is 20.3 Å². The van der Waals surface area contributed by atoms with Crippen molar-refractivity contribution in [2.24, 2.45) is 0 Å². The normalized spacial score (nSPS) is 14.0.